The standard InChI is InChI=1S/C14H16N2O/c15-10-13-7-6-12(9-14(13)11-16)5-3-1-2-4-8-17/h6-7,9,17H,1-5,8H2. The lowest BCUT2D eigenvalue weighted by Gasteiger charge is -2.03. The molecule has 0 fully saturated rings. The van der Waals surface area contributed by atoms with E-state index in [0.717, 1.165) is 37.7 Å². The third-order valence-corrected chi connectivity index (χ3v) is 2.70. The van der Waals surface area contributed by atoms with Crippen LogP contribution in [-0.4, -0.2) is 11.7 Å². The van der Waals surface area contributed by atoms with Crippen LogP contribution in [0.2, 0.25) is 0 Å². The molecular weight excluding hydrogens is 212 g/mol. The number of aryl methyl sites for hydroxylation is 1. The summed E-state index contributed by atoms with van der Waals surface area (Å²) in [5.41, 5.74) is 2.00. The van der Waals surface area contributed by atoms with Crippen LogP contribution >= 0.6 is 0 Å². The highest BCUT2D eigenvalue weighted by Gasteiger charge is 2.02. The second-order valence-electron chi connectivity index (χ2n) is 3.99. The number of nitriles is 2. The third kappa shape index (κ3) is 4.26. The summed E-state index contributed by atoms with van der Waals surface area (Å²) in [5.74, 6) is 0. The van der Waals surface area contributed by atoms with Crippen LogP contribution in [0.25, 0.3) is 0 Å². The fourth-order valence-corrected chi connectivity index (χ4v) is 1.73. The molecule has 0 bridgehead atoms. The first kappa shape index (κ1) is 13.2. The predicted molar refractivity (Wildman–Crippen MR) is 65.1 cm³/mol. The summed E-state index contributed by atoms with van der Waals surface area (Å²) in [5, 5.41) is 26.3. The maximum Gasteiger partial charge on any atom is 0.101 e. The first-order valence-electron chi connectivity index (χ1n) is 5.86. The fraction of sp³-hybridized carbons (Fsp3) is 0.429. The van der Waals surface area contributed by atoms with Crippen LogP contribution in [0.3, 0.4) is 0 Å². The molecule has 17 heavy (non-hydrogen) atoms. The molecule has 1 N–H and O–H groups in total. The van der Waals surface area contributed by atoms with Crippen molar-refractivity contribution in [2.24, 2.45) is 0 Å². The summed E-state index contributed by atoms with van der Waals surface area (Å²) >= 11 is 0. The minimum absolute atomic E-state index is 0.259. The molecule has 0 saturated carbocycles. The Kier molecular flexibility index (Phi) is 5.79. The van der Waals surface area contributed by atoms with E-state index in [2.05, 4.69) is 0 Å². The average molecular weight is 228 g/mol. The van der Waals surface area contributed by atoms with Gasteiger partial charge in [-0.15, -0.1) is 0 Å². The second kappa shape index (κ2) is 7.44. The van der Waals surface area contributed by atoms with Gasteiger partial charge in [-0.2, -0.15) is 10.5 Å². The monoisotopic (exact) mass is 228 g/mol. The van der Waals surface area contributed by atoms with Gasteiger partial charge in [0.1, 0.15) is 12.1 Å². The lowest BCUT2D eigenvalue weighted by atomic mass is 10.0. The van der Waals surface area contributed by atoms with Crippen LogP contribution in [0.15, 0.2) is 18.2 Å². The molecule has 3 nitrogen and oxygen atoms in total. The third-order valence-electron chi connectivity index (χ3n) is 2.70. The Hall–Kier alpha value is -1.84. The van der Waals surface area contributed by atoms with Gasteiger partial charge in [-0.1, -0.05) is 18.9 Å². The Balaban J connectivity index is 2.50. The Bertz CT molecular complexity index is 441. The van der Waals surface area contributed by atoms with E-state index in [4.69, 9.17) is 15.6 Å². The van der Waals surface area contributed by atoms with Gasteiger partial charge in [0.2, 0.25) is 0 Å². The minimum Gasteiger partial charge on any atom is -0.396 e. The first-order chi connectivity index (χ1) is 8.31. The maximum atomic E-state index is 8.89. The van der Waals surface area contributed by atoms with Crippen LogP contribution in [0.4, 0.5) is 0 Å². The van der Waals surface area contributed by atoms with Gasteiger partial charge in [0.05, 0.1) is 11.1 Å². The topological polar surface area (TPSA) is 67.8 Å². The summed E-state index contributed by atoms with van der Waals surface area (Å²) in [6.45, 7) is 0.259. The molecular formula is C14H16N2O. The number of aliphatic hydroxyl groups is 1. The summed E-state index contributed by atoms with van der Waals surface area (Å²) < 4.78 is 0. The van der Waals surface area contributed by atoms with Crippen molar-refractivity contribution < 1.29 is 5.11 Å². The number of nitrogens with zero attached hydrogens (tertiary/aromatic N) is 2. The van der Waals surface area contributed by atoms with E-state index in [1.165, 1.54) is 0 Å². The highest BCUT2D eigenvalue weighted by Crippen LogP contribution is 2.13. The molecule has 1 aromatic rings. The molecule has 3 heteroatoms. The van der Waals surface area contributed by atoms with Crippen LogP contribution < -0.4 is 0 Å². The lowest BCUT2D eigenvalue weighted by molar-refractivity contribution is 0.282. The zero-order chi connectivity index (χ0) is 12.5. The Labute approximate surface area is 102 Å². The van der Waals surface area contributed by atoms with Crippen molar-refractivity contribution >= 4 is 0 Å². The molecule has 0 atom stereocenters. The second-order valence-corrected chi connectivity index (χ2v) is 3.99. The van der Waals surface area contributed by atoms with Gasteiger partial charge in [-0.05, 0) is 37.0 Å². The predicted octanol–water partition coefficient (Wildman–Crippen LogP) is 2.53. The molecule has 0 spiro atoms. The Morgan fingerprint density at radius 2 is 1.65 bits per heavy atom. The van der Waals surface area contributed by atoms with E-state index in [0.29, 0.717) is 11.1 Å². The summed E-state index contributed by atoms with van der Waals surface area (Å²) in [4.78, 5) is 0. The number of aliphatic hydroxyl groups excluding tert-OH is 1. The largest absolute Gasteiger partial charge is 0.396 e. The SMILES string of the molecule is N#Cc1ccc(CCCCCCO)cc1C#N. The van der Waals surface area contributed by atoms with Crippen LogP contribution in [0.5, 0.6) is 0 Å². The van der Waals surface area contributed by atoms with Crippen molar-refractivity contribution in [3.05, 3.63) is 34.9 Å². The van der Waals surface area contributed by atoms with Crippen LogP contribution in [0.1, 0.15) is 42.4 Å². The van der Waals surface area contributed by atoms with Gasteiger partial charge < -0.3 is 5.11 Å². The Morgan fingerprint density at radius 1 is 0.941 bits per heavy atom. The van der Waals surface area contributed by atoms with Gasteiger partial charge in [0, 0.05) is 6.61 Å². The van der Waals surface area contributed by atoms with E-state index in [1.54, 1.807) is 12.1 Å². The molecule has 0 unspecified atom stereocenters. The van der Waals surface area contributed by atoms with Crippen LogP contribution in [0, 0.1) is 22.7 Å². The lowest BCUT2D eigenvalue weighted by Crippen LogP contribution is -1.91. The average Bonchev–Trinajstić information content (AvgIpc) is 2.38. The molecule has 0 heterocycles. The summed E-state index contributed by atoms with van der Waals surface area (Å²) in [7, 11) is 0. The quantitative estimate of drug-likeness (QED) is 0.761. The van der Waals surface area contributed by atoms with E-state index >= 15 is 0 Å². The van der Waals surface area contributed by atoms with Crippen LogP contribution in [-0.2, 0) is 6.42 Å². The van der Waals surface area contributed by atoms with E-state index in [1.807, 2.05) is 18.2 Å². The van der Waals surface area contributed by atoms with Gasteiger partial charge in [0.15, 0.2) is 0 Å². The normalized spacial score (nSPS) is 9.59. The minimum atomic E-state index is 0.259. The highest BCUT2D eigenvalue weighted by atomic mass is 16.2. The number of unbranched alkanes of at least 4 members (excludes halogenated alkanes) is 3. The van der Waals surface area contributed by atoms with Gasteiger partial charge in [-0.25, -0.2) is 0 Å². The molecule has 0 saturated heterocycles. The summed E-state index contributed by atoms with van der Waals surface area (Å²) in [6.07, 6.45) is 4.96. The first-order valence-corrected chi connectivity index (χ1v) is 5.86. The Morgan fingerprint density at radius 3 is 2.29 bits per heavy atom. The van der Waals surface area contributed by atoms with Crippen molar-refractivity contribution in [1.29, 1.82) is 10.5 Å². The zero-order valence-corrected chi connectivity index (χ0v) is 9.82. The number of hydrogen-bond acceptors (Lipinski definition) is 3. The smallest absolute Gasteiger partial charge is 0.101 e. The number of rotatable bonds is 6. The molecule has 1 rings (SSSR count). The van der Waals surface area contributed by atoms with Gasteiger partial charge >= 0.3 is 0 Å². The zero-order valence-electron chi connectivity index (χ0n) is 9.82. The number of hydrogen-bond donors (Lipinski definition) is 1. The molecule has 88 valence electrons. The molecule has 0 aromatic heterocycles. The van der Waals surface area contributed by atoms with E-state index < -0.39 is 0 Å². The van der Waals surface area contributed by atoms with Crippen molar-refractivity contribution in [2.75, 3.05) is 6.61 Å². The van der Waals surface area contributed by atoms with Gasteiger partial charge in [-0.3, -0.25) is 0 Å². The highest BCUT2D eigenvalue weighted by molar-refractivity contribution is 5.47. The molecule has 1 aromatic carbocycles. The number of benzene rings is 1. The molecule has 0 aliphatic rings. The molecule has 0 aliphatic heterocycles. The van der Waals surface area contributed by atoms with Crippen molar-refractivity contribution in [3.8, 4) is 12.1 Å². The molecule has 0 amide bonds. The summed E-state index contributed by atoms with van der Waals surface area (Å²) in [6, 6.07) is 9.46. The van der Waals surface area contributed by atoms with Gasteiger partial charge in [0.25, 0.3) is 0 Å². The molecule has 0 aliphatic carbocycles. The maximum absolute atomic E-state index is 8.89. The van der Waals surface area contributed by atoms with E-state index in [9.17, 15) is 0 Å². The van der Waals surface area contributed by atoms with Crippen molar-refractivity contribution in [2.45, 2.75) is 32.1 Å². The van der Waals surface area contributed by atoms with Crippen molar-refractivity contribution in [1.82, 2.24) is 0 Å². The molecule has 0 radical (unpaired) electrons. The fourth-order valence-electron chi connectivity index (χ4n) is 1.73. The van der Waals surface area contributed by atoms with E-state index in [-0.39, 0.29) is 6.61 Å². The van der Waals surface area contributed by atoms with Crippen molar-refractivity contribution in [3.63, 3.8) is 0 Å².